The van der Waals surface area contributed by atoms with Crippen molar-refractivity contribution in [2.24, 2.45) is 7.05 Å². The molecular formula is C21H18F3N5O5S. The zero-order chi connectivity index (χ0) is 25.5. The molecule has 0 aliphatic carbocycles. The number of fused-ring (bicyclic) bond motifs is 1. The van der Waals surface area contributed by atoms with E-state index in [1.165, 1.54) is 36.0 Å². The number of halogens is 3. The smallest absolute Gasteiger partial charge is 0.416 e. The normalized spacial score (nSPS) is 12.3. The number of hydrogen-bond donors (Lipinski definition) is 2. The number of sulfonamides is 1. The van der Waals surface area contributed by atoms with Gasteiger partial charge in [0.15, 0.2) is 0 Å². The van der Waals surface area contributed by atoms with E-state index >= 15 is 0 Å². The molecule has 0 saturated carbocycles. The molecule has 0 radical (unpaired) electrons. The lowest BCUT2D eigenvalue weighted by molar-refractivity contribution is -0.137. The van der Waals surface area contributed by atoms with Gasteiger partial charge in [0, 0.05) is 12.4 Å². The number of aromatic amines is 1. The summed E-state index contributed by atoms with van der Waals surface area (Å²) in [5.41, 5.74) is -1.10. The maximum atomic E-state index is 12.9. The molecule has 0 amide bonds. The highest BCUT2D eigenvalue weighted by atomic mass is 32.2. The maximum absolute atomic E-state index is 12.9. The highest BCUT2D eigenvalue weighted by Gasteiger charge is 2.30. The number of nitrogens with zero attached hydrogens (tertiary/aromatic N) is 3. The zero-order valence-electron chi connectivity index (χ0n) is 18.3. The number of benzene rings is 2. The summed E-state index contributed by atoms with van der Waals surface area (Å²) in [5.74, 6) is 0.176. The summed E-state index contributed by atoms with van der Waals surface area (Å²) in [7, 11) is -2.17. The van der Waals surface area contributed by atoms with Gasteiger partial charge in [-0.1, -0.05) is 0 Å². The number of alkyl halides is 3. The van der Waals surface area contributed by atoms with Crippen LogP contribution in [0.4, 0.5) is 13.2 Å². The predicted octanol–water partition coefficient (Wildman–Crippen LogP) is 2.27. The fourth-order valence-electron chi connectivity index (χ4n) is 3.29. The average molecular weight is 509 g/mol. The Morgan fingerprint density at radius 2 is 1.77 bits per heavy atom. The lowest BCUT2D eigenvalue weighted by Crippen LogP contribution is -2.28. The van der Waals surface area contributed by atoms with Crippen molar-refractivity contribution < 1.29 is 26.3 Å². The van der Waals surface area contributed by atoms with Crippen LogP contribution in [0, 0.1) is 0 Å². The van der Waals surface area contributed by atoms with Crippen molar-refractivity contribution in [1.29, 1.82) is 0 Å². The summed E-state index contributed by atoms with van der Waals surface area (Å²) < 4.78 is 72.6. The maximum Gasteiger partial charge on any atom is 0.416 e. The minimum atomic E-state index is -4.50. The number of H-pyrrole nitrogens is 1. The van der Waals surface area contributed by atoms with Gasteiger partial charge >= 0.3 is 11.9 Å². The molecule has 35 heavy (non-hydrogen) atoms. The largest absolute Gasteiger partial charge is 0.440 e. The van der Waals surface area contributed by atoms with Crippen molar-refractivity contribution in [1.82, 2.24) is 24.1 Å². The second kappa shape index (κ2) is 8.70. The molecule has 0 spiro atoms. The Bertz CT molecular complexity index is 1640. The fraction of sp³-hybridized carbons (Fsp3) is 0.190. The van der Waals surface area contributed by atoms with Crippen molar-refractivity contribution >= 4 is 20.9 Å². The predicted molar refractivity (Wildman–Crippen MR) is 120 cm³/mol. The molecule has 10 nitrogen and oxygen atoms in total. The summed E-state index contributed by atoms with van der Waals surface area (Å²) in [5, 5.41) is 4.83. The third-order valence-electron chi connectivity index (χ3n) is 5.01. The van der Waals surface area contributed by atoms with Crippen LogP contribution in [-0.4, -0.2) is 34.0 Å². The van der Waals surface area contributed by atoms with E-state index in [2.05, 4.69) is 14.8 Å². The molecule has 0 aliphatic heterocycles. The monoisotopic (exact) mass is 509 g/mol. The first-order valence-electron chi connectivity index (χ1n) is 9.94. The van der Waals surface area contributed by atoms with Gasteiger partial charge in [0.2, 0.25) is 15.9 Å². The van der Waals surface area contributed by atoms with Gasteiger partial charge < -0.3 is 4.74 Å². The molecule has 0 bridgehead atoms. The van der Waals surface area contributed by atoms with E-state index in [4.69, 9.17) is 4.74 Å². The Kier molecular flexibility index (Phi) is 6.02. The molecule has 0 fully saturated rings. The molecule has 4 rings (SSSR count). The van der Waals surface area contributed by atoms with Crippen LogP contribution in [0.2, 0.25) is 0 Å². The number of rotatable bonds is 6. The number of nitrogens with one attached hydrogen (secondary N) is 2. The van der Waals surface area contributed by atoms with E-state index < -0.39 is 33.0 Å². The first kappa shape index (κ1) is 24.2. The molecule has 2 heterocycles. The van der Waals surface area contributed by atoms with E-state index in [1.807, 2.05) is 0 Å². The fourth-order valence-corrected chi connectivity index (χ4v) is 3.69. The summed E-state index contributed by atoms with van der Waals surface area (Å²) in [4.78, 5) is 25.6. The molecule has 0 atom stereocenters. The SMILES string of the molecule is Cn1c(Oc2ccc3c(c2)c(CNS(C)(=O)=O)nn3-c2ccc(C(F)(F)F)cc2)cc(=O)[nH]c1=O. The van der Waals surface area contributed by atoms with Crippen molar-refractivity contribution in [2.75, 3.05) is 6.26 Å². The van der Waals surface area contributed by atoms with Crippen LogP contribution < -0.4 is 20.7 Å². The summed E-state index contributed by atoms with van der Waals surface area (Å²) in [6.07, 6.45) is -3.52. The number of ether oxygens (including phenoxy) is 1. The molecule has 2 aromatic carbocycles. The quantitative estimate of drug-likeness (QED) is 0.411. The van der Waals surface area contributed by atoms with E-state index in [-0.39, 0.29) is 23.9 Å². The van der Waals surface area contributed by atoms with Gasteiger partial charge in [-0.05, 0) is 42.5 Å². The molecule has 14 heteroatoms. The van der Waals surface area contributed by atoms with E-state index in [0.717, 1.165) is 29.0 Å². The van der Waals surface area contributed by atoms with Gasteiger partial charge in [0.05, 0.1) is 41.3 Å². The number of aromatic nitrogens is 4. The Balaban J connectivity index is 1.81. The summed E-state index contributed by atoms with van der Waals surface area (Å²) in [6, 6.07) is 10.0. The molecule has 0 unspecified atom stereocenters. The van der Waals surface area contributed by atoms with Crippen molar-refractivity contribution in [3.63, 3.8) is 0 Å². The average Bonchev–Trinajstić information content (AvgIpc) is 3.13. The third kappa shape index (κ3) is 5.27. The lowest BCUT2D eigenvalue weighted by atomic mass is 10.2. The minimum absolute atomic E-state index is 0.0379. The standard InChI is InChI=1S/C21H18F3N5O5S/c1-28-19(10-18(30)26-20(28)31)34-14-7-8-17-15(9-14)16(11-25-35(2,32)33)27-29(17)13-5-3-12(4-6-13)21(22,23)24/h3-10,25H,11H2,1-2H3,(H,26,30,31). The summed E-state index contributed by atoms with van der Waals surface area (Å²) in [6.45, 7) is -0.198. The van der Waals surface area contributed by atoms with Gasteiger partial charge in [-0.2, -0.15) is 18.3 Å². The van der Waals surface area contributed by atoms with Crippen LogP contribution >= 0.6 is 0 Å². The Morgan fingerprint density at radius 1 is 1.09 bits per heavy atom. The van der Waals surface area contributed by atoms with Crippen LogP contribution in [0.25, 0.3) is 16.6 Å². The van der Waals surface area contributed by atoms with Gasteiger partial charge in [-0.15, -0.1) is 0 Å². The van der Waals surface area contributed by atoms with Crippen molar-refractivity contribution in [2.45, 2.75) is 12.7 Å². The van der Waals surface area contributed by atoms with Gasteiger partial charge in [0.25, 0.3) is 5.56 Å². The highest BCUT2D eigenvalue weighted by Crippen LogP contribution is 2.32. The van der Waals surface area contributed by atoms with Crippen LogP contribution in [0.5, 0.6) is 11.6 Å². The Morgan fingerprint density at radius 3 is 2.40 bits per heavy atom. The van der Waals surface area contributed by atoms with E-state index in [9.17, 15) is 31.2 Å². The van der Waals surface area contributed by atoms with Crippen LogP contribution in [-0.2, 0) is 29.8 Å². The van der Waals surface area contributed by atoms with E-state index in [0.29, 0.717) is 16.6 Å². The summed E-state index contributed by atoms with van der Waals surface area (Å²) >= 11 is 0. The second-order valence-corrected chi connectivity index (χ2v) is 9.45. The van der Waals surface area contributed by atoms with Gasteiger partial charge in [-0.3, -0.25) is 14.3 Å². The first-order chi connectivity index (χ1) is 16.3. The molecule has 2 aromatic heterocycles. The van der Waals surface area contributed by atoms with Crippen LogP contribution in [0.1, 0.15) is 11.3 Å². The zero-order valence-corrected chi connectivity index (χ0v) is 19.1. The molecular weight excluding hydrogens is 491 g/mol. The number of hydrogen-bond acceptors (Lipinski definition) is 6. The second-order valence-electron chi connectivity index (χ2n) is 7.61. The van der Waals surface area contributed by atoms with Crippen LogP contribution in [0.3, 0.4) is 0 Å². The Hall–Kier alpha value is -3.91. The molecule has 4 aromatic rings. The first-order valence-corrected chi connectivity index (χ1v) is 11.8. The highest BCUT2D eigenvalue weighted by molar-refractivity contribution is 7.88. The van der Waals surface area contributed by atoms with Crippen LogP contribution in [0.15, 0.2) is 58.1 Å². The molecule has 0 aliphatic rings. The van der Waals surface area contributed by atoms with Crippen molar-refractivity contribution in [3.05, 3.63) is 80.6 Å². The molecule has 184 valence electrons. The topological polar surface area (TPSA) is 128 Å². The van der Waals surface area contributed by atoms with Gasteiger partial charge in [-0.25, -0.2) is 22.6 Å². The molecule has 2 N–H and O–H groups in total. The minimum Gasteiger partial charge on any atom is -0.440 e. The molecule has 0 saturated heterocycles. The van der Waals surface area contributed by atoms with Crippen molar-refractivity contribution in [3.8, 4) is 17.3 Å². The lowest BCUT2D eigenvalue weighted by Gasteiger charge is -2.10. The third-order valence-corrected chi connectivity index (χ3v) is 5.68. The Labute approximate surface area is 195 Å². The van der Waals surface area contributed by atoms with E-state index in [1.54, 1.807) is 6.07 Å². The van der Waals surface area contributed by atoms with Gasteiger partial charge in [0.1, 0.15) is 5.75 Å².